The molecule has 2 unspecified atom stereocenters. The van der Waals surface area contributed by atoms with Crippen LogP contribution in [-0.4, -0.2) is 9.96 Å². The molecular weight excluding hydrogens is 218 g/mol. The molecule has 3 heteroatoms. The molecule has 0 aliphatic carbocycles. The Hall–Kier alpha value is -0.670. The van der Waals surface area contributed by atoms with Gasteiger partial charge in [-0.2, -0.15) is 0 Å². The van der Waals surface area contributed by atoms with Crippen molar-refractivity contribution in [2.24, 2.45) is 11.7 Å². The Bertz CT molecular complexity index is 334. The van der Waals surface area contributed by atoms with Gasteiger partial charge in [0.2, 0.25) is 0 Å². The van der Waals surface area contributed by atoms with E-state index in [9.17, 15) is 4.21 Å². The fourth-order valence-corrected chi connectivity index (χ4v) is 3.00. The molecule has 1 aromatic carbocycles. The van der Waals surface area contributed by atoms with Crippen molar-refractivity contribution >= 4 is 10.8 Å². The van der Waals surface area contributed by atoms with Gasteiger partial charge >= 0.3 is 0 Å². The summed E-state index contributed by atoms with van der Waals surface area (Å²) in [5.74, 6) is 2.01. The SMILES string of the molecule is CCC(C)CS(=O)Cc1ccc(CN)cc1. The van der Waals surface area contributed by atoms with Crippen LogP contribution in [0.5, 0.6) is 0 Å². The zero-order chi connectivity index (χ0) is 12.0. The lowest BCUT2D eigenvalue weighted by Crippen LogP contribution is -2.08. The van der Waals surface area contributed by atoms with E-state index in [-0.39, 0.29) is 0 Å². The van der Waals surface area contributed by atoms with Gasteiger partial charge in [0.25, 0.3) is 0 Å². The normalized spacial score (nSPS) is 14.7. The van der Waals surface area contributed by atoms with Crippen LogP contribution in [0.4, 0.5) is 0 Å². The number of hydrogen-bond donors (Lipinski definition) is 1. The lowest BCUT2D eigenvalue weighted by molar-refractivity contribution is 0.615. The molecule has 2 nitrogen and oxygen atoms in total. The summed E-state index contributed by atoms with van der Waals surface area (Å²) in [5, 5.41) is 0. The summed E-state index contributed by atoms with van der Waals surface area (Å²) in [6.45, 7) is 4.85. The van der Waals surface area contributed by atoms with Crippen molar-refractivity contribution in [2.75, 3.05) is 5.75 Å². The topological polar surface area (TPSA) is 43.1 Å². The van der Waals surface area contributed by atoms with Gasteiger partial charge in [0.15, 0.2) is 0 Å². The maximum Gasteiger partial charge on any atom is 0.0485 e. The average molecular weight is 239 g/mol. The number of rotatable bonds is 6. The molecular formula is C13H21NOS. The molecule has 0 aromatic heterocycles. The summed E-state index contributed by atoms with van der Waals surface area (Å²) in [5.41, 5.74) is 7.78. The minimum absolute atomic E-state index is 0.546. The van der Waals surface area contributed by atoms with Crippen LogP contribution >= 0.6 is 0 Å². The highest BCUT2D eigenvalue weighted by Gasteiger charge is 2.06. The van der Waals surface area contributed by atoms with Crippen LogP contribution in [0.25, 0.3) is 0 Å². The van der Waals surface area contributed by atoms with Crippen molar-refractivity contribution in [3.8, 4) is 0 Å². The molecule has 0 heterocycles. The van der Waals surface area contributed by atoms with Crippen molar-refractivity contribution in [3.05, 3.63) is 35.4 Å². The highest BCUT2D eigenvalue weighted by Crippen LogP contribution is 2.10. The molecule has 1 rings (SSSR count). The zero-order valence-electron chi connectivity index (χ0n) is 10.1. The second-order valence-electron chi connectivity index (χ2n) is 4.28. The largest absolute Gasteiger partial charge is 0.326 e. The van der Waals surface area contributed by atoms with E-state index in [0.29, 0.717) is 18.2 Å². The lowest BCUT2D eigenvalue weighted by Gasteiger charge is -2.08. The highest BCUT2D eigenvalue weighted by molar-refractivity contribution is 7.84. The average Bonchev–Trinajstić information content (AvgIpc) is 2.29. The first-order chi connectivity index (χ1) is 7.65. The summed E-state index contributed by atoms with van der Waals surface area (Å²) in [6, 6.07) is 8.07. The van der Waals surface area contributed by atoms with Gasteiger partial charge in [-0.15, -0.1) is 0 Å². The molecule has 0 saturated heterocycles. The van der Waals surface area contributed by atoms with E-state index in [2.05, 4.69) is 13.8 Å². The molecule has 0 aliphatic heterocycles. The Morgan fingerprint density at radius 2 is 1.81 bits per heavy atom. The van der Waals surface area contributed by atoms with Gasteiger partial charge in [-0.1, -0.05) is 44.5 Å². The van der Waals surface area contributed by atoms with Crippen molar-refractivity contribution < 1.29 is 4.21 Å². The van der Waals surface area contributed by atoms with Crippen molar-refractivity contribution in [3.63, 3.8) is 0 Å². The third-order valence-corrected chi connectivity index (χ3v) is 4.35. The van der Waals surface area contributed by atoms with Gasteiger partial charge < -0.3 is 5.73 Å². The zero-order valence-corrected chi connectivity index (χ0v) is 10.9. The van der Waals surface area contributed by atoms with E-state index in [0.717, 1.165) is 23.3 Å². The first-order valence-corrected chi connectivity index (χ1v) is 7.27. The third-order valence-electron chi connectivity index (χ3n) is 2.75. The van der Waals surface area contributed by atoms with Crippen LogP contribution < -0.4 is 5.73 Å². The van der Waals surface area contributed by atoms with Gasteiger partial charge in [0.1, 0.15) is 0 Å². The molecule has 90 valence electrons. The maximum atomic E-state index is 11.8. The van der Waals surface area contributed by atoms with E-state index in [1.54, 1.807) is 0 Å². The van der Waals surface area contributed by atoms with Crippen molar-refractivity contribution in [1.29, 1.82) is 0 Å². The predicted octanol–water partition coefficient (Wildman–Crippen LogP) is 2.44. The Kier molecular flexibility index (Phi) is 5.71. The van der Waals surface area contributed by atoms with Gasteiger partial charge in [0, 0.05) is 28.9 Å². The van der Waals surface area contributed by atoms with Crippen LogP contribution in [0, 0.1) is 5.92 Å². The highest BCUT2D eigenvalue weighted by atomic mass is 32.2. The van der Waals surface area contributed by atoms with Crippen LogP contribution in [0.1, 0.15) is 31.4 Å². The summed E-state index contributed by atoms with van der Waals surface area (Å²) in [6.07, 6.45) is 1.10. The van der Waals surface area contributed by atoms with Gasteiger partial charge in [-0.25, -0.2) is 0 Å². The molecule has 2 N–H and O–H groups in total. The molecule has 0 bridgehead atoms. The van der Waals surface area contributed by atoms with Crippen LogP contribution in [0.2, 0.25) is 0 Å². The number of nitrogens with two attached hydrogens (primary N) is 1. The Morgan fingerprint density at radius 1 is 1.25 bits per heavy atom. The third kappa shape index (κ3) is 4.45. The fourth-order valence-electron chi connectivity index (χ4n) is 1.45. The van der Waals surface area contributed by atoms with E-state index >= 15 is 0 Å². The van der Waals surface area contributed by atoms with Crippen molar-refractivity contribution in [2.45, 2.75) is 32.6 Å². The summed E-state index contributed by atoms with van der Waals surface area (Å²) >= 11 is 0. The van der Waals surface area contributed by atoms with Crippen molar-refractivity contribution in [1.82, 2.24) is 0 Å². The van der Waals surface area contributed by atoms with Gasteiger partial charge in [-0.3, -0.25) is 4.21 Å². The summed E-state index contributed by atoms with van der Waals surface area (Å²) in [4.78, 5) is 0. The van der Waals surface area contributed by atoms with E-state index < -0.39 is 10.8 Å². The lowest BCUT2D eigenvalue weighted by atomic mass is 10.1. The van der Waals surface area contributed by atoms with Gasteiger partial charge in [-0.05, 0) is 17.0 Å². The molecule has 0 saturated carbocycles. The molecule has 16 heavy (non-hydrogen) atoms. The minimum atomic E-state index is -0.741. The second-order valence-corrected chi connectivity index (χ2v) is 5.79. The molecule has 1 aromatic rings. The predicted molar refractivity (Wildman–Crippen MR) is 70.5 cm³/mol. The van der Waals surface area contributed by atoms with Crippen LogP contribution in [-0.2, 0) is 23.1 Å². The van der Waals surface area contributed by atoms with E-state index in [1.807, 2.05) is 24.3 Å². The van der Waals surface area contributed by atoms with Gasteiger partial charge in [0.05, 0.1) is 0 Å². The smallest absolute Gasteiger partial charge is 0.0485 e. The standard InChI is InChI=1S/C13H21NOS/c1-3-11(2)9-16(15)10-13-6-4-12(8-14)5-7-13/h4-7,11H,3,8-10,14H2,1-2H3. The summed E-state index contributed by atoms with van der Waals surface area (Å²) in [7, 11) is -0.741. The number of benzene rings is 1. The molecule has 0 fully saturated rings. The fraction of sp³-hybridized carbons (Fsp3) is 0.538. The van der Waals surface area contributed by atoms with E-state index in [4.69, 9.17) is 5.73 Å². The van der Waals surface area contributed by atoms with E-state index in [1.165, 1.54) is 0 Å². The maximum absolute atomic E-state index is 11.8. The molecule has 2 atom stereocenters. The Labute approximate surface area is 101 Å². The quantitative estimate of drug-likeness (QED) is 0.828. The minimum Gasteiger partial charge on any atom is -0.326 e. The number of hydrogen-bond acceptors (Lipinski definition) is 2. The van der Waals surface area contributed by atoms with Crippen LogP contribution in [0.3, 0.4) is 0 Å². The first kappa shape index (κ1) is 13.4. The Balaban J connectivity index is 2.49. The molecule has 0 radical (unpaired) electrons. The monoisotopic (exact) mass is 239 g/mol. The second kappa shape index (κ2) is 6.81. The molecule has 0 spiro atoms. The van der Waals surface area contributed by atoms with Crippen LogP contribution in [0.15, 0.2) is 24.3 Å². The summed E-state index contributed by atoms with van der Waals surface area (Å²) < 4.78 is 11.8. The molecule has 0 aliphatic rings. The molecule has 0 amide bonds. The Morgan fingerprint density at radius 3 is 2.31 bits per heavy atom. The first-order valence-electron chi connectivity index (χ1n) is 5.78.